The number of hydrogen-bond acceptors (Lipinski definition) is 7. The van der Waals surface area contributed by atoms with Crippen LogP contribution in [0.4, 0.5) is 11.5 Å². The first-order valence-electron chi connectivity index (χ1n) is 13.1. The maximum atomic E-state index is 6.08. The number of aryl methyl sites for hydroxylation is 1. The Kier molecular flexibility index (Phi) is 6.97. The van der Waals surface area contributed by atoms with E-state index in [9.17, 15) is 0 Å². The van der Waals surface area contributed by atoms with Crippen LogP contribution in [0.1, 0.15) is 18.4 Å². The van der Waals surface area contributed by atoms with Gasteiger partial charge in [0.25, 0.3) is 0 Å². The minimum atomic E-state index is 0.687. The third-order valence-corrected chi connectivity index (χ3v) is 8.02. The van der Waals surface area contributed by atoms with Crippen molar-refractivity contribution >= 4 is 38.5 Å². The highest BCUT2D eigenvalue weighted by molar-refractivity contribution is 9.10. The predicted molar refractivity (Wildman–Crippen MR) is 152 cm³/mol. The second kappa shape index (κ2) is 10.7. The Labute approximate surface area is 225 Å². The van der Waals surface area contributed by atoms with Gasteiger partial charge in [-0.05, 0) is 89.7 Å². The van der Waals surface area contributed by atoms with Crippen LogP contribution in [-0.2, 0) is 0 Å². The Hall–Kier alpha value is -3.17. The van der Waals surface area contributed by atoms with Crippen molar-refractivity contribution in [2.75, 3.05) is 62.2 Å². The lowest BCUT2D eigenvalue weighted by Crippen LogP contribution is -2.47. The van der Waals surface area contributed by atoms with Crippen molar-refractivity contribution in [3.05, 3.63) is 59.0 Å². The van der Waals surface area contributed by atoms with E-state index in [-0.39, 0.29) is 0 Å². The number of aromatic amines is 1. The Morgan fingerprint density at radius 2 is 1.70 bits per heavy atom. The lowest BCUT2D eigenvalue weighted by molar-refractivity contribution is 0.238. The molecule has 8 nitrogen and oxygen atoms in total. The maximum Gasteiger partial charge on any atom is 0.187 e. The van der Waals surface area contributed by atoms with E-state index in [1.165, 1.54) is 48.3 Å². The fourth-order valence-corrected chi connectivity index (χ4v) is 5.90. The summed E-state index contributed by atoms with van der Waals surface area (Å²) in [4.78, 5) is 16.1. The number of fused-ring (bicyclic) bond motifs is 1. The standard InChI is InChI=1S/C28H32BrN7O/c1-20-17-22(21-5-4-6-23(18-21)37-16-15-34-9-2-3-10-34)7-8-24(20)35-11-13-36(14-12-35)28-25-26(29)32-33-27(25)30-19-31-28/h4-8,17-19H,2-3,9-16H2,1H3,(H,30,31,32,33). The molecule has 0 aliphatic carbocycles. The number of H-pyrrole nitrogens is 1. The van der Waals surface area contributed by atoms with Crippen LogP contribution in [0.15, 0.2) is 53.4 Å². The van der Waals surface area contributed by atoms with Gasteiger partial charge in [0.05, 0.1) is 5.39 Å². The smallest absolute Gasteiger partial charge is 0.187 e. The lowest BCUT2D eigenvalue weighted by atomic mass is 10.0. The van der Waals surface area contributed by atoms with Crippen LogP contribution in [0.5, 0.6) is 5.75 Å². The summed E-state index contributed by atoms with van der Waals surface area (Å²) in [5.41, 5.74) is 5.67. The van der Waals surface area contributed by atoms with Gasteiger partial charge >= 0.3 is 0 Å². The molecule has 0 unspecified atom stereocenters. The number of nitrogens with one attached hydrogen (secondary N) is 1. The van der Waals surface area contributed by atoms with Gasteiger partial charge in [-0.25, -0.2) is 9.97 Å². The first kappa shape index (κ1) is 24.2. The molecule has 2 aliphatic heterocycles. The monoisotopic (exact) mass is 561 g/mol. The zero-order valence-electron chi connectivity index (χ0n) is 21.2. The van der Waals surface area contributed by atoms with Gasteiger partial charge in [-0.1, -0.05) is 18.2 Å². The summed E-state index contributed by atoms with van der Waals surface area (Å²) in [6.45, 7) is 10.0. The van der Waals surface area contributed by atoms with E-state index in [0.717, 1.165) is 60.9 Å². The number of piperazine rings is 1. The molecule has 2 aromatic heterocycles. The van der Waals surface area contributed by atoms with Crippen LogP contribution in [-0.4, -0.2) is 77.5 Å². The molecule has 9 heteroatoms. The van der Waals surface area contributed by atoms with E-state index in [2.05, 4.69) is 100 Å². The van der Waals surface area contributed by atoms with Gasteiger partial charge in [0.1, 0.15) is 29.1 Å². The van der Waals surface area contributed by atoms with E-state index in [4.69, 9.17) is 4.74 Å². The molecular weight excluding hydrogens is 530 g/mol. The van der Waals surface area contributed by atoms with Gasteiger partial charge in [0.15, 0.2) is 5.65 Å². The number of nitrogens with zero attached hydrogens (tertiary/aromatic N) is 6. The maximum absolute atomic E-state index is 6.08. The van der Waals surface area contributed by atoms with E-state index < -0.39 is 0 Å². The quantitative estimate of drug-likeness (QED) is 0.344. The molecule has 37 heavy (non-hydrogen) atoms. The molecule has 2 aromatic carbocycles. The summed E-state index contributed by atoms with van der Waals surface area (Å²) in [5, 5.41) is 8.15. The number of aromatic nitrogens is 4. The number of benzene rings is 2. The van der Waals surface area contributed by atoms with Crippen molar-refractivity contribution in [2.24, 2.45) is 0 Å². The summed E-state index contributed by atoms with van der Waals surface area (Å²) in [7, 11) is 0. The first-order chi connectivity index (χ1) is 18.2. The SMILES string of the molecule is Cc1cc(-c2cccc(OCCN3CCCC3)c2)ccc1N1CCN(c2ncnc3n[nH]c(Br)c23)CC1. The van der Waals surface area contributed by atoms with Crippen LogP contribution in [0.25, 0.3) is 22.2 Å². The molecule has 2 fully saturated rings. The highest BCUT2D eigenvalue weighted by atomic mass is 79.9. The van der Waals surface area contributed by atoms with Crippen molar-refractivity contribution in [3.8, 4) is 16.9 Å². The Balaban J connectivity index is 1.11. The van der Waals surface area contributed by atoms with E-state index >= 15 is 0 Å². The van der Waals surface area contributed by atoms with Crippen molar-refractivity contribution in [1.29, 1.82) is 0 Å². The average Bonchev–Trinajstić information content (AvgIpc) is 3.59. The predicted octanol–water partition coefficient (Wildman–Crippen LogP) is 4.89. The molecule has 6 rings (SSSR count). The van der Waals surface area contributed by atoms with E-state index in [1.54, 1.807) is 6.33 Å². The van der Waals surface area contributed by atoms with Crippen molar-refractivity contribution in [1.82, 2.24) is 25.1 Å². The summed E-state index contributed by atoms with van der Waals surface area (Å²) in [5.74, 6) is 1.87. The highest BCUT2D eigenvalue weighted by Gasteiger charge is 2.23. The van der Waals surface area contributed by atoms with Crippen LogP contribution in [0.2, 0.25) is 0 Å². The third-order valence-electron chi connectivity index (χ3n) is 7.45. The van der Waals surface area contributed by atoms with Gasteiger partial charge in [-0.2, -0.15) is 5.10 Å². The second-order valence-electron chi connectivity index (χ2n) is 9.83. The molecule has 4 aromatic rings. The topological polar surface area (TPSA) is 73.4 Å². The fourth-order valence-electron chi connectivity index (χ4n) is 5.46. The minimum absolute atomic E-state index is 0.687. The molecule has 0 radical (unpaired) electrons. The summed E-state index contributed by atoms with van der Waals surface area (Å²) < 4.78 is 6.91. The van der Waals surface area contributed by atoms with Gasteiger partial charge in [0, 0.05) is 38.4 Å². The zero-order chi connectivity index (χ0) is 25.2. The van der Waals surface area contributed by atoms with Crippen LogP contribution < -0.4 is 14.5 Å². The molecule has 0 amide bonds. The van der Waals surface area contributed by atoms with Gasteiger partial charge in [0.2, 0.25) is 0 Å². The molecule has 0 bridgehead atoms. The van der Waals surface area contributed by atoms with Crippen LogP contribution in [0.3, 0.4) is 0 Å². The third kappa shape index (κ3) is 5.15. The Morgan fingerprint density at radius 1 is 0.919 bits per heavy atom. The molecule has 0 atom stereocenters. The van der Waals surface area contributed by atoms with Gasteiger partial charge < -0.3 is 14.5 Å². The van der Waals surface area contributed by atoms with Crippen molar-refractivity contribution in [2.45, 2.75) is 19.8 Å². The summed E-state index contributed by atoms with van der Waals surface area (Å²) >= 11 is 3.55. The van der Waals surface area contributed by atoms with Gasteiger partial charge in [-0.15, -0.1) is 0 Å². The number of hydrogen-bond donors (Lipinski definition) is 1. The summed E-state index contributed by atoms with van der Waals surface area (Å²) in [6, 6.07) is 15.3. The molecule has 2 saturated heterocycles. The largest absolute Gasteiger partial charge is 0.492 e. The number of anilines is 2. The normalized spacial score (nSPS) is 16.6. The summed E-state index contributed by atoms with van der Waals surface area (Å²) in [6.07, 6.45) is 4.22. The number of halogens is 1. The molecule has 2 aliphatic rings. The molecule has 4 heterocycles. The fraction of sp³-hybridized carbons (Fsp3) is 0.393. The molecule has 1 N–H and O–H groups in total. The second-order valence-corrected chi connectivity index (χ2v) is 10.6. The van der Waals surface area contributed by atoms with E-state index in [0.29, 0.717) is 5.65 Å². The van der Waals surface area contributed by atoms with E-state index in [1.807, 2.05) is 0 Å². The van der Waals surface area contributed by atoms with Crippen molar-refractivity contribution in [3.63, 3.8) is 0 Å². The van der Waals surface area contributed by atoms with Crippen molar-refractivity contribution < 1.29 is 4.74 Å². The van der Waals surface area contributed by atoms with Crippen LogP contribution in [0, 0.1) is 6.92 Å². The lowest BCUT2D eigenvalue weighted by Gasteiger charge is -2.37. The van der Waals surface area contributed by atoms with Gasteiger partial charge in [-0.3, -0.25) is 10.00 Å². The molecule has 0 saturated carbocycles. The molecule has 192 valence electrons. The highest BCUT2D eigenvalue weighted by Crippen LogP contribution is 2.32. The molecular formula is C28H32BrN7O. The van der Waals surface area contributed by atoms with Crippen LogP contribution >= 0.6 is 15.9 Å². The zero-order valence-corrected chi connectivity index (χ0v) is 22.7. The Morgan fingerprint density at radius 3 is 2.51 bits per heavy atom. The Bertz CT molecular complexity index is 1380. The first-order valence-corrected chi connectivity index (χ1v) is 13.9. The molecule has 0 spiro atoms. The average molecular weight is 563 g/mol. The number of rotatable bonds is 7. The number of likely N-dealkylation sites (tertiary alicyclic amines) is 1. The minimum Gasteiger partial charge on any atom is -0.492 e. The number of ether oxygens (including phenoxy) is 1.